The van der Waals surface area contributed by atoms with Crippen molar-refractivity contribution in [3.63, 3.8) is 0 Å². The van der Waals surface area contributed by atoms with Gasteiger partial charge in [0.2, 0.25) is 0 Å². The summed E-state index contributed by atoms with van der Waals surface area (Å²) in [6.07, 6.45) is 0.851. The van der Waals surface area contributed by atoms with Crippen LogP contribution in [0, 0.1) is 19.3 Å². The Bertz CT molecular complexity index is 838. The van der Waals surface area contributed by atoms with Crippen molar-refractivity contribution < 1.29 is 0 Å². The molecule has 0 bridgehead atoms. The molecule has 3 aromatic rings. The van der Waals surface area contributed by atoms with Gasteiger partial charge in [-0.3, -0.25) is 5.41 Å². The summed E-state index contributed by atoms with van der Waals surface area (Å²) in [5.41, 5.74) is 7.46. The minimum absolute atomic E-state index is 0. The lowest BCUT2D eigenvalue weighted by atomic mass is 9.91. The van der Waals surface area contributed by atoms with Crippen LogP contribution in [0.3, 0.4) is 0 Å². The predicted octanol–water partition coefficient (Wildman–Crippen LogP) is 5.73. The Morgan fingerprint density at radius 3 is 2.21 bits per heavy atom. The van der Waals surface area contributed by atoms with Crippen LogP contribution in [-0.2, 0) is 6.42 Å². The van der Waals surface area contributed by atoms with Gasteiger partial charge in [0.1, 0.15) is 0 Å². The molecular weight excluding hydrogens is 314 g/mol. The van der Waals surface area contributed by atoms with Gasteiger partial charge >= 0.3 is 0 Å². The lowest BCUT2D eigenvalue weighted by Gasteiger charge is -2.13. The van der Waals surface area contributed by atoms with E-state index in [1.165, 1.54) is 16.7 Å². The Kier molecular flexibility index (Phi) is 5.94. The fourth-order valence-corrected chi connectivity index (χ4v) is 2.88. The molecule has 1 N–H and O–H groups in total. The summed E-state index contributed by atoms with van der Waals surface area (Å²) in [5, 5.41) is 8.71. The zero-order valence-electron chi connectivity index (χ0n) is 14.0. The van der Waals surface area contributed by atoms with E-state index in [-0.39, 0.29) is 12.4 Å². The van der Waals surface area contributed by atoms with E-state index in [9.17, 15) is 0 Å². The molecule has 0 spiro atoms. The minimum Gasteiger partial charge on any atom is -0.300 e. The van der Waals surface area contributed by atoms with Gasteiger partial charge in [0.05, 0.1) is 5.71 Å². The molecule has 0 aromatic heterocycles. The number of benzene rings is 3. The van der Waals surface area contributed by atoms with Crippen molar-refractivity contribution in [1.29, 1.82) is 5.41 Å². The quantitative estimate of drug-likeness (QED) is 0.588. The van der Waals surface area contributed by atoms with Crippen molar-refractivity contribution in [2.24, 2.45) is 0 Å². The molecule has 0 radical (unpaired) electrons. The summed E-state index contributed by atoms with van der Waals surface area (Å²) in [6, 6.07) is 25.0. The number of aryl methyl sites for hydroxylation is 2. The van der Waals surface area contributed by atoms with E-state index in [1.54, 1.807) is 0 Å². The van der Waals surface area contributed by atoms with Crippen LogP contribution in [0.4, 0.5) is 0 Å². The number of rotatable bonds is 4. The highest BCUT2D eigenvalue weighted by atomic mass is 35.5. The second-order valence-electron chi connectivity index (χ2n) is 6.01. The molecule has 3 rings (SSSR count). The van der Waals surface area contributed by atoms with Gasteiger partial charge in [-0.05, 0) is 43.0 Å². The van der Waals surface area contributed by atoms with E-state index in [0.717, 1.165) is 23.1 Å². The molecule has 0 heterocycles. The molecule has 24 heavy (non-hydrogen) atoms. The van der Waals surface area contributed by atoms with Crippen LogP contribution in [0.25, 0.3) is 0 Å². The number of hydrogen-bond donors (Lipinski definition) is 1. The average Bonchev–Trinajstić information content (AvgIpc) is 2.58. The first-order chi connectivity index (χ1) is 11.1. The minimum atomic E-state index is 0. The Balaban J connectivity index is 0.00000208. The topological polar surface area (TPSA) is 23.9 Å². The van der Waals surface area contributed by atoms with Crippen molar-refractivity contribution in [3.8, 4) is 0 Å². The van der Waals surface area contributed by atoms with Crippen molar-refractivity contribution in [1.82, 2.24) is 0 Å². The summed E-state index contributed by atoms with van der Waals surface area (Å²) in [6.45, 7) is 4.15. The fraction of sp³-hybridized carbons (Fsp3) is 0.136. The first kappa shape index (κ1) is 18.0. The smallest absolute Gasteiger partial charge is 0.0690 e. The van der Waals surface area contributed by atoms with Crippen molar-refractivity contribution in [2.75, 3.05) is 0 Å². The van der Waals surface area contributed by atoms with Crippen molar-refractivity contribution in [3.05, 3.63) is 106 Å². The van der Waals surface area contributed by atoms with E-state index in [2.05, 4.69) is 74.5 Å². The van der Waals surface area contributed by atoms with Crippen LogP contribution in [0.15, 0.2) is 72.8 Å². The summed E-state index contributed by atoms with van der Waals surface area (Å²) in [5.74, 6) is 0. The Morgan fingerprint density at radius 2 is 1.46 bits per heavy atom. The molecule has 3 aromatic carbocycles. The van der Waals surface area contributed by atoms with E-state index in [1.807, 2.05) is 12.1 Å². The summed E-state index contributed by atoms with van der Waals surface area (Å²) in [4.78, 5) is 0. The van der Waals surface area contributed by atoms with Gasteiger partial charge in [0.15, 0.2) is 0 Å². The van der Waals surface area contributed by atoms with Crippen LogP contribution in [0.5, 0.6) is 0 Å². The van der Waals surface area contributed by atoms with E-state index in [0.29, 0.717) is 5.71 Å². The van der Waals surface area contributed by atoms with Gasteiger partial charge in [-0.15, -0.1) is 12.4 Å². The Morgan fingerprint density at radius 1 is 0.792 bits per heavy atom. The summed E-state index contributed by atoms with van der Waals surface area (Å²) < 4.78 is 0. The Labute approximate surface area is 150 Å². The molecule has 0 aliphatic carbocycles. The van der Waals surface area contributed by atoms with Crippen LogP contribution in [0.2, 0.25) is 0 Å². The molecule has 0 fully saturated rings. The number of halogens is 1. The van der Waals surface area contributed by atoms with Crippen LogP contribution < -0.4 is 0 Å². The maximum atomic E-state index is 8.71. The maximum Gasteiger partial charge on any atom is 0.0690 e. The first-order valence-electron chi connectivity index (χ1n) is 7.93. The molecule has 122 valence electrons. The van der Waals surface area contributed by atoms with E-state index >= 15 is 0 Å². The lowest BCUT2D eigenvalue weighted by molar-refractivity contribution is 1.18. The zero-order chi connectivity index (χ0) is 16.2. The summed E-state index contributed by atoms with van der Waals surface area (Å²) >= 11 is 0. The average molecular weight is 336 g/mol. The van der Waals surface area contributed by atoms with Gasteiger partial charge in [0.25, 0.3) is 0 Å². The van der Waals surface area contributed by atoms with Crippen LogP contribution >= 0.6 is 12.4 Å². The maximum absolute atomic E-state index is 8.71. The van der Waals surface area contributed by atoms with Gasteiger partial charge in [0, 0.05) is 11.1 Å². The highest BCUT2D eigenvalue weighted by molar-refractivity contribution is 6.12. The highest BCUT2D eigenvalue weighted by Crippen LogP contribution is 2.21. The molecule has 0 saturated carbocycles. The predicted molar refractivity (Wildman–Crippen MR) is 105 cm³/mol. The summed E-state index contributed by atoms with van der Waals surface area (Å²) in [7, 11) is 0. The second kappa shape index (κ2) is 7.94. The third kappa shape index (κ3) is 3.93. The molecule has 1 nitrogen and oxygen atoms in total. The third-order valence-electron chi connectivity index (χ3n) is 4.19. The van der Waals surface area contributed by atoms with Crippen LogP contribution in [0.1, 0.15) is 33.4 Å². The molecule has 0 amide bonds. The molecule has 0 unspecified atom stereocenters. The van der Waals surface area contributed by atoms with E-state index in [4.69, 9.17) is 5.41 Å². The highest BCUT2D eigenvalue weighted by Gasteiger charge is 2.12. The normalized spacial score (nSPS) is 10.1. The molecular formula is C22H22ClN. The number of hydrogen-bond acceptors (Lipinski definition) is 1. The Hall–Kier alpha value is -2.38. The lowest BCUT2D eigenvalue weighted by Crippen LogP contribution is -2.08. The fourth-order valence-electron chi connectivity index (χ4n) is 2.88. The SMILES string of the molecule is Cc1ccc(C)c(C(=N)c2ccccc2Cc2ccccc2)c1.Cl. The molecule has 2 heteroatoms. The third-order valence-corrected chi connectivity index (χ3v) is 4.19. The van der Waals surface area contributed by atoms with Gasteiger partial charge < -0.3 is 0 Å². The zero-order valence-corrected chi connectivity index (χ0v) is 14.9. The second-order valence-corrected chi connectivity index (χ2v) is 6.01. The molecule has 0 aliphatic rings. The van der Waals surface area contributed by atoms with Crippen molar-refractivity contribution >= 4 is 18.1 Å². The monoisotopic (exact) mass is 335 g/mol. The standard InChI is InChI=1S/C22H21N.ClH/c1-16-12-13-17(2)21(14-16)22(23)20-11-7-6-10-19(20)15-18-8-4-3-5-9-18;/h3-14,23H,15H2,1-2H3;1H. The first-order valence-corrected chi connectivity index (χ1v) is 7.93. The van der Waals surface area contributed by atoms with Gasteiger partial charge in [-0.2, -0.15) is 0 Å². The largest absolute Gasteiger partial charge is 0.300 e. The van der Waals surface area contributed by atoms with Crippen molar-refractivity contribution in [2.45, 2.75) is 20.3 Å². The van der Waals surface area contributed by atoms with E-state index < -0.39 is 0 Å². The molecule has 0 saturated heterocycles. The molecule has 0 atom stereocenters. The van der Waals surface area contributed by atoms with Gasteiger partial charge in [-0.25, -0.2) is 0 Å². The molecule has 0 aliphatic heterocycles. The van der Waals surface area contributed by atoms with Gasteiger partial charge in [-0.1, -0.05) is 72.3 Å². The number of nitrogens with one attached hydrogen (secondary N) is 1. The van der Waals surface area contributed by atoms with Crippen LogP contribution in [-0.4, -0.2) is 5.71 Å².